The third kappa shape index (κ3) is 4.49. The van der Waals surface area contributed by atoms with Gasteiger partial charge in [-0.1, -0.05) is 35.9 Å². The van der Waals surface area contributed by atoms with E-state index in [4.69, 9.17) is 17.4 Å². The zero-order valence-electron chi connectivity index (χ0n) is 10.9. The number of nitrogens with one attached hydrogen (secondary N) is 1. The van der Waals surface area contributed by atoms with E-state index in [2.05, 4.69) is 5.43 Å². The van der Waals surface area contributed by atoms with E-state index < -0.39 is 0 Å². The zero-order chi connectivity index (χ0) is 14.4. The fourth-order valence-electron chi connectivity index (χ4n) is 1.85. The smallest absolute Gasteiger partial charge is 0.126 e. The molecular weight excluding hydrogens is 295 g/mol. The van der Waals surface area contributed by atoms with Crippen LogP contribution in [0, 0.1) is 5.82 Å². The number of thioether (sulfide) groups is 1. The minimum absolute atomic E-state index is 0.00381. The van der Waals surface area contributed by atoms with E-state index in [0.717, 1.165) is 10.6 Å². The summed E-state index contributed by atoms with van der Waals surface area (Å²) in [5, 5.41) is 0.710. The molecule has 0 bridgehead atoms. The molecule has 0 aromatic heterocycles. The van der Waals surface area contributed by atoms with Crippen molar-refractivity contribution in [2.24, 2.45) is 5.84 Å². The third-order valence-electron chi connectivity index (χ3n) is 2.91. The van der Waals surface area contributed by atoms with Crippen molar-refractivity contribution < 1.29 is 4.39 Å². The fraction of sp³-hybridized carbons (Fsp3) is 0.200. The normalized spacial score (nSPS) is 12.3. The first-order valence-corrected chi connectivity index (χ1v) is 7.63. The maximum absolute atomic E-state index is 13.6. The predicted octanol–water partition coefficient (Wildman–Crippen LogP) is 3.65. The van der Waals surface area contributed by atoms with Crippen LogP contribution in [0.1, 0.15) is 5.56 Å². The number of hydrazine groups is 1. The van der Waals surface area contributed by atoms with Gasteiger partial charge in [0.1, 0.15) is 5.82 Å². The number of hydrogen-bond donors (Lipinski definition) is 2. The Bertz CT molecular complexity index is 565. The fourth-order valence-corrected chi connectivity index (χ4v) is 3.10. The van der Waals surface area contributed by atoms with E-state index in [1.165, 1.54) is 6.07 Å². The van der Waals surface area contributed by atoms with Gasteiger partial charge in [0.15, 0.2) is 0 Å². The first-order valence-electron chi connectivity index (χ1n) is 6.27. The van der Waals surface area contributed by atoms with Crippen LogP contribution in [-0.2, 0) is 6.42 Å². The Morgan fingerprint density at radius 1 is 1.20 bits per heavy atom. The van der Waals surface area contributed by atoms with Crippen molar-refractivity contribution in [3.05, 3.63) is 64.9 Å². The van der Waals surface area contributed by atoms with E-state index in [1.54, 1.807) is 23.9 Å². The minimum atomic E-state index is -0.194. The summed E-state index contributed by atoms with van der Waals surface area (Å²) in [6, 6.07) is 14.4. The molecule has 0 saturated heterocycles. The highest BCUT2D eigenvalue weighted by atomic mass is 35.5. The molecule has 2 nitrogen and oxygen atoms in total. The van der Waals surface area contributed by atoms with Crippen molar-refractivity contribution in [3.63, 3.8) is 0 Å². The molecule has 20 heavy (non-hydrogen) atoms. The van der Waals surface area contributed by atoms with Crippen LogP contribution in [-0.4, -0.2) is 11.8 Å². The summed E-state index contributed by atoms with van der Waals surface area (Å²) >= 11 is 7.58. The van der Waals surface area contributed by atoms with Crippen LogP contribution < -0.4 is 11.3 Å². The van der Waals surface area contributed by atoms with Crippen molar-refractivity contribution in [1.29, 1.82) is 0 Å². The Labute approximate surface area is 127 Å². The van der Waals surface area contributed by atoms with Gasteiger partial charge < -0.3 is 0 Å². The van der Waals surface area contributed by atoms with Crippen LogP contribution in [0.25, 0.3) is 0 Å². The third-order valence-corrected chi connectivity index (χ3v) is 4.30. The molecule has 1 unspecified atom stereocenters. The highest BCUT2D eigenvalue weighted by Gasteiger charge is 2.11. The molecule has 5 heteroatoms. The summed E-state index contributed by atoms with van der Waals surface area (Å²) in [6.07, 6.45) is 0.552. The van der Waals surface area contributed by atoms with Gasteiger partial charge in [-0.05, 0) is 36.2 Å². The molecular formula is C15H16ClFN2S. The molecule has 2 aromatic rings. The van der Waals surface area contributed by atoms with E-state index in [1.807, 2.05) is 30.3 Å². The Kier molecular flexibility index (Phi) is 5.86. The lowest BCUT2D eigenvalue weighted by atomic mass is 10.1. The second kappa shape index (κ2) is 7.64. The Morgan fingerprint density at radius 2 is 2.00 bits per heavy atom. The molecule has 0 aliphatic heterocycles. The van der Waals surface area contributed by atoms with Gasteiger partial charge >= 0.3 is 0 Å². The Morgan fingerprint density at radius 3 is 2.70 bits per heavy atom. The SMILES string of the molecule is NNC(CSc1cccc(Cl)c1)Cc1ccccc1F. The van der Waals surface area contributed by atoms with Crippen molar-refractivity contribution in [1.82, 2.24) is 5.43 Å². The number of halogens is 2. The highest BCUT2D eigenvalue weighted by molar-refractivity contribution is 7.99. The maximum Gasteiger partial charge on any atom is 0.126 e. The number of benzene rings is 2. The highest BCUT2D eigenvalue weighted by Crippen LogP contribution is 2.23. The van der Waals surface area contributed by atoms with Crippen LogP contribution in [0.3, 0.4) is 0 Å². The topological polar surface area (TPSA) is 38.0 Å². The van der Waals surface area contributed by atoms with Crippen molar-refractivity contribution >= 4 is 23.4 Å². The van der Waals surface area contributed by atoms with Crippen LogP contribution in [0.5, 0.6) is 0 Å². The van der Waals surface area contributed by atoms with Gasteiger partial charge in [0.05, 0.1) is 0 Å². The second-order valence-electron chi connectivity index (χ2n) is 4.43. The minimum Gasteiger partial charge on any atom is -0.271 e. The van der Waals surface area contributed by atoms with Gasteiger partial charge in [-0.15, -0.1) is 11.8 Å². The maximum atomic E-state index is 13.6. The van der Waals surface area contributed by atoms with Gasteiger partial charge in [0.25, 0.3) is 0 Å². The van der Waals surface area contributed by atoms with Crippen LogP contribution in [0.15, 0.2) is 53.4 Å². The summed E-state index contributed by atoms with van der Waals surface area (Å²) in [7, 11) is 0. The number of nitrogens with two attached hydrogens (primary N) is 1. The van der Waals surface area contributed by atoms with E-state index >= 15 is 0 Å². The summed E-state index contributed by atoms with van der Waals surface area (Å²) in [5.41, 5.74) is 3.41. The monoisotopic (exact) mass is 310 g/mol. The molecule has 0 radical (unpaired) electrons. The molecule has 106 valence electrons. The van der Waals surface area contributed by atoms with Crippen molar-refractivity contribution in [3.8, 4) is 0 Å². The van der Waals surface area contributed by atoms with Gasteiger partial charge in [0, 0.05) is 21.7 Å². The molecule has 1 atom stereocenters. The average Bonchev–Trinajstić information content (AvgIpc) is 2.45. The molecule has 0 aliphatic carbocycles. The molecule has 0 saturated carbocycles. The lowest BCUT2D eigenvalue weighted by molar-refractivity contribution is 0.546. The molecule has 0 amide bonds. The van der Waals surface area contributed by atoms with Crippen LogP contribution >= 0.6 is 23.4 Å². The summed E-state index contributed by atoms with van der Waals surface area (Å²) in [4.78, 5) is 1.08. The van der Waals surface area contributed by atoms with Gasteiger partial charge in [-0.25, -0.2) is 4.39 Å². The number of hydrogen-bond acceptors (Lipinski definition) is 3. The lowest BCUT2D eigenvalue weighted by Crippen LogP contribution is -2.38. The molecule has 0 spiro atoms. The summed E-state index contributed by atoms with van der Waals surface area (Å²) < 4.78 is 13.6. The molecule has 0 aliphatic rings. The van der Waals surface area contributed by atoms with Gasteiger partial charge in [-0.3, -0.25) is 11.3 Å². The molecule has 2 rings (SSSR count). The predicted molar refractivity (Wildman–Crippen MR) is 83.4 cm³/mol. The van der Waals surface area contributed by atoms with E-state index in [9.17, 15) is 4.39 Å². The number of rotatable bonds is 6. The first-order chi connectivity index (χ1) is 9.69. The molecule has 3 N–H and O–H groups in total. The van der Waals surface area contributed by atoms with Gasteiger partial charge in [0.2, 0.25) is 0 Å². The molecule has 0 heterocycles. The zero-order valence-corrected chi connectivity index (χ0v) is 12.4. The van der Waals surface area contributed by atoms with Crippen LogP contribution in [0.2, 0.25) is 5.02 Å². The Hall–Kier alpha value is -1.07. The van der Waals surface area contributed by atoms with E-state index in [0.29, 0.717) is 17.0 Å². The quantitative estimate of drug-likeness (QED) is 0.486. The molecule has 0 fully saturated rings. The standard InChI is InChI=1S/C15H16ClFN2S/c16-12-5-3-6-14(9-12)20-10-13(19-18)8-11-4-1-2-7-15(11)17/h1-7,9,13,19H,8,10,18H2. The van der Waals surface area contributed by atoms with Crippen LogP contribution in [0.4, 0.5) is 4.39 Å². The Balaban J connectivity index is 1.94. The molecule has 2 aromatic carbocycles. The summed E-state index contributed by atoms with van der Waals surface area (Å²) in [6.45, 7) is 0. The summed E-state index contributed by atoms with van der Waals surface area (Å²) in [5.74, 6) is 6.10. The lowest BCUT2D eigenvalue weighted by Gasteiger charge is -2.16. The second-order valence-corrected chi connectivity index (χ2v) is 5.96. The largest absolute Gasteiger partial charge is 0.271 e. The van der Waals surface area contributed by atoms with Gasteiger partial charge in [-0.2, -0.15) is 0 Å². The van der Waals surface area contributed by atoms with E-state index in [-0.39, 0.29) is 11.9 Å². The van der Waals surface area contributed by atoms with Crippen molar-refractivity contribution in [2.45, 2.75) is 17.4 Å². The van der Waals surface area contributed by atoms with Crippen molar-refractivity contribution in [2.75, 3.05) is 5.75 Å². The first kappa shape index (κ1) is 15.3. The average molecular weight is 311 g/mol.